The van der Waals surface area contributed by atoms with E-state index in [0.29, 0.717) is 17.9 Å². The number of carbonyl (C=O) groups is 1. The lowest BCUT2D eigenvalue weighted by Crippen LogP contribution is -2.46. The van der Waals surface area contributed by atoms with E-state index in [9.17, 15) is 9.90 Å². The smallest absolute Gasteiger partial charge is 0.315 e. The zero-order valence-electron chi connectivity index (χ0n) is 13.4. The Labute approximate surface area is 127 Å². The predicted molar refractivity (Wildman–Crippen MR) is 82.1 cm³/mol. The Balaban J connectivity index is 1.52. The molecule has 0 aromatic heterocycles. The Morgan fingerprint density at radius 1 is 1.29 bits per heavy atom. The van der Waals surface area contributed by atoms with Crippen molar-refractivity contribution in [2.45, 2.75) is 64.5 Å². The summed E-state index contributed by atoms with van der Waals surface area (Å²) in [6, 6.07) is 0.0854. The van der Waals surface area contributed by atoms with Crippen LogP contribution in [0.1, 0.15) is 52.4 Å². The quantitative estimate of drug-likeness (QED) is 0.673. The van der Waals surface area contributed by atoms with Crippen LogP contribution in [0.15, 0.2) is 0 Å². The minimum absolute atomic E-state index is 0.180. The second-order valence-electron chi connectivity index (χ2n) is 7.43. The van der Waals surface area contributed by atoms with Crippen LogP contribution in [0.2, 0.25) is 0 Å². The molecule has 0 bridgehead atoms. The largest absolute Gasteiger partial charge is 0.389 e. The lowest BCUT2D eigenvalue weighted by Gasteiger charge is -2.34. The molecule has 2 saturated carbocycles. The number of rotatable bonds is 7. The Morgan fingerprint density at radius 2 is 1.95 bits per heavy atom. The molecule has 2 aliphatic carbocycles. The van der Waals surface area contributed by atoms with Crippen molar-refractivity contribution in [2.75, 3.05) is 19.8 Å². The molecule has 2 fully saturated rings. The van der Waals surface area contributed by atoms with Crippen LogP contribution in [0.25, 0.3) is 0 Å². The number of hydrogen-bond donors (Lipinski definition) is 3. The summed E-state index contributed by atoms with van der Waals surface area (Å²) in [4.78, 5) is 11.8. The number of amides is 2. The van der Waals surface area contributed by atoms with Gasteiger partial charge in [0.2, 0.25) is 0 Å². The normalized spacial score (nSPS) is 23.6. The predicted octanol–water partition coefficient (Wildman–Crippen LogP) is 2.04. The highest BCUT2D eigenvalue weighted by Crippen LogP contribution is 2.34. The zero-order valence-corrected chi connectivity index (χ0v) is 13.4. The van der Waals surface area contributed by atoms with Gasteiger partial charge in [0.15, 0.2) is 0 Å². The second kappa shape index (κ2) is 7.45. The van der Waals surface area contributed by atoms with Crippen molar-refractivity contribution < 1.29 is 14.6 Å². The Hall–Kier alpha value is -0.810. The van der Waals surface area contributed by atoms with E-state index in [0.717, 1.165) is 32.3 Å². The molecule has 0 aliphatic heterocycles. The lowest BCUT2D eigenvalue weighted by atomic mass is 9.76. The number of ether oxygens (including phenoxy) is 1. The third-order valence-electron chi connectivity index (χ3n) is 4.53. The van der Waals surface area contributed by atoms with Crippen LogP contribution in [0.3, 0.4) is 0 Å². The molecule has 0 aromatic carbocycles. The molecule has 2 amide bonds. The summed E-state index contributed by atoms with van der Waals surface area (Å²) >= 11 is 0. The first kappa shape index (κ1) is 16.6. The molecule has 21 heavy (non-hydrogen) atoms. The minimum Gasteiger partial charge on any atom is -0.389 e. The van der Waals surface area contributed by atoms with Crippen molar-refractivity contribution in [3.05, 3.63) is 0 Å². The highest BCUT2D eigenvalue weighted by atomic mass is 16.5. The fraction of sp³-hybridized carbons (Fsp3) is 0.938. The van der Waals surface area contributed by atoms with Crippen molar-refractivity contribution in [3.8, 4) is 0 Å². The molecule has 1 atom stereocenters. The first-order valence-corrected chi connectivity index (χ1v) is 8.25. The van der Waals surface area contributed by atoms with Gasteiger partial charge >= 0.3 is 6.03 Å². The summed E-state index contributed by atoms with van der Waals surface area (Å²) in [5.41, 5.74) is 0.406. The van der Waals surface area contributed by atoms with E-state index in [4.69, 9.17) is 4.74 Å². The van der Waals surface area contributed by atoms with Gasteiger partial charge < -0.3 is 20.5 Å². The highest BCUT2D eigenvalue weighted by Gasteiger charge is 2.27. The van der Waals surface area contributed by atoms with Gasteiger partial charge in [-0.3, -0.25) is 0 Å². The topological polar surface area (TPSA) is 70.6 Å². The van der Waals surface area contributed by atoms with Crippen LogP contribution >= 0.6 is 0 Å². The van der Waals surface area contributed by atoms with Crippen LogP contribution in [0.5, 0.6) is 0 Å². The average molecular weight is 298 g/mol. The van der Waals surface area contributed by atoms with Crippen LogP contribution < -0.4 is 10.6 Å². The SMILES string of the molecule is CC1(C)CCC(NC(=O)NCC(O)COCC2CC2)CC1. The van der Waals surface area contributed by atoms with E-state index in [1.807, 2.05) is 0 Å². The molecule has 0 radical (unpaired) electrons. The van der Waals surface area contributed by atoms with Crippen molar-refractivity contribution in [2.24, 2.45) is 11.3 Å². The van der Waals surface area contributed by atoms with Gasteiger partial charge in [-0.15, -0.1) is 0 Å². The number of hydrogen-bond acceptors (Lipinski definition) is 3. The first-order chi connectivity index (χ1) is 9.94. The molecule has 0 spiro atoms. The molecule has 0 aromatic rings. The fourth-order valence-corrected chi connectivity index (χ4v) is 2.70. The van der Waals surface area contributed by atoms with E-state index < -0.39 is 6.10 Å². The number of aliphatic hydroxyl groups is 1. The second-order valence-corrected chi connectivity index (χ2v) is 7.43. The maximum atomic E-state index is 11.8. The third kappa shape index (κ3) is 6.66. The molecule has 2 aliphatic rings. The van der Waals surface area contributed by atoms with Gasteiger partial charge in [0, 0.05) is 19.2 Å². The van der Waals surface area contributed by atoms with Gasteiger partial charge in [-0.25, -0.2) is 4.79 Å². The summed E-state index contributed by atoms with van der Waals surface area (Å²) in [5, 5.41) is 15.5. The number of urea groups is 1. The molecule has 1 unspecified atom stereocenters. The van der Waals surface area contributed by atoms with E-state index >= 15 is 0 Å². The number of carbonyl (C=O) groups excluding carboxylic acids is 1. The molecule has 0 saturated heterocycles. The standard InChI is InChI=1S/C16H30N2O3/c1-16(2)7-5-13(6-8-16)18-15(20)17-9-14(19)11-21-10-12-3-4-12/h12-14,19H,3-11H2,1-2H3,(H2,17,18,20). The third-order valence-corrected chi connectivity index (χ3v) is 4.53. The van der Waals surface area contributed by atoms with Gasteiger partial charge in [-0.2, -0.15) is 0 Å². The lowest BCUT2D eigenvalue weighted by molar-refractivity contribution is 0.0336. The Morgan fingerprint density at radius 3 is 2.57 bits per heavy atom. The first-order valence-electron chi connectivity index (χ1n) is 8.25. The fourth-order valence-electron chi connectivity index (χ4n) is 2.70. The van der Waals surface area contributed by atoms with Crippen LogP contribution in [-0.2, 0) is 4.74 Å². The van der Waals surface area contributed by atoms with Crippen molar-refractivity contribution >= 4 is 6.03 Å². The summed E-state index contributed by atoms with van der Waals surface area (Å²) in [5.74, 6) is 0.698. The summed E-state index contributed by atoms with van der Waals surface area (Å²) < 4.78 is 5.40. The van der Waals surface area contributed by atoms with Gasteiger partial charge in [0.05, 0.1) is 12.7 Å². The maximum absolute atomic E-state index is 11.8. The summed E-state index contributed by atoms with van der Waals surface area (Å²) in [6.07, 6.45) is 6.23. The molecule has 5 heteroatoms. The molecule has 5 nitrogen and oxygen atoms in total. The molecule has 122 valence electrons. The number of aliphatic hydroxyl groups excluding tert-OH is 1. The average Bonchev–Trinajstić information content (AvgIpc) is 3.23. The van der Waals surface area contributed by atoms with Crippen molar-refractivity contribution in [1.29, 1.82) is 0 Å². The Bertz CT molecular complexity index is 332. The molecule has 2 rings (SSSR count). The minimum atomic E-state index is -0.625. The van der Waals surface area contributed by atoms with Crippen molar-refractivity contribution in [3.63, 3.8) is 0 Å². The van der Waals surface area contributed by atoms with Gasteiger partial charge in [0.25, 0.3) is 0 Å². The molecular weight excluding hydrogens is 268 g/mol. The summed E-state index contributed by atoms with van der Waals surface area (Å²) in [7, 11) is 0. The molecule has 3 N–H and O–H groups in total. The van der Waals surface area contributed by atoms with Crippen LogP contribution in [0, 0.1) is 11.3 Å². The van der Waals surface area contributed by atoms with Crippen LogP contribution in [-0.4, -0.2) is 43.0 Å². The van der Waals surface area contributed by atoms with E-state index in [1.165, 1.54) is 12.8 Å². The highest BCUT2D eigenvalue weighted by molar-refractivity contribution is 5.74. The van der Waals surface area contributed by atoms with E-state index in [2.05, 4.69) is 24.5 Å². The van der Waals surface area contributed by atoms with Gasteiger partial charge in [0.1, 0.15) is 0 Å². The van der Waals surface area contributed by atoms with E-state index in [1.54, 1.807) is 0 Å². The monoisotopic (exact) mass is 298 g/mol. The zero-order chi connectivity index (χ0) is 15.3. The van der Waals surface area contributed by atoms with Gasteiger partial charge in [-0.1, -0.05) is 13.8 Å². The van der Waals surface area contributed by atoms with Gasteiger partial charge in [-0.05, 0) is 49.9 Å². The maximum Gasteiger partial charge on any atom is 0.315 e. The van der Waals surface area contributed by atoms with Crippen LogP contribution in [0.4, 0.5) is 4.79 Å². The van der Waals surface area contributed by atoms with Crippen molar-refractivity contribution in [1.82, 2.24) is 10.6 Å². The molecule has 0 heterocycles. The summed E-state index contributed by atoms with van der Waals surface area (Å²) in [6.45, 7) is 5.84. The van der Waals surface area contributed by atoms with E-state index in [-0.39, 0.29) is 18.6 Å². The number of nitrogens with one attached hydrogen (secondary N) is 2. The molecular formula is C16H30N2O3. The Kier molecular flexibility index (Phi) is 5.88.